The fourth-order valence-corrected chi connectivity index (χ4v) is 3.36. The Hall–Kier alpha value is -2.87. The summed E-state index contributed by atoms with van der Waals surface area (Å²) in [7, 11) is 0. The Morgan fingerprint density at radius 2 is 1.82 bits per heavy atom. The van der Waals surface area contributed by atoms with E-state index in [0.717, 1.165) is 0 Å². The van der Waals surface area contributed by atoms with Gasteiger partial charge >= 0.3 is 5.97 Å². The second kappa shape index (κ2) is 9.36. The number of aliphatic carboxylic acids is 1. The first-order chi connectivity index (χ1) is 13.3. The summed E-state index contributed by atoms with van der Waals surface area (Å²) in [5, 5.41) is 11.9. The molecule has 28 heavy (non-hydrogen) atoms. The Morgan fingerprint density at radius 1 is 1.21 bits per heavy atom. The number of hydrogen-bond donors (Lipinski definition) is 3. The van der Waals surface area contributed by atoms with Crippen LogP contribution in [-0.4, -0.2) is 47.1 Å². The fourth-order valence-electron chi connectivity index (χ4n) is 3.36. The Balaban J connectivity index is 2.47. The minimum atomic E-state index is -1.32. The molecule has 0 spiro atoms. The van der Waals surface area contributed by atoms with Crippen molar-refractivity contribution in [3.8, 4) is 0 Å². The molecule has 0 bridgehead atoms. The van der Waals surface area contributed by atoms with E-state index in [1.165, 1.54) is 13.0 Å². The van der Waals surface area contributed by atoms with Crippen molar-refractivity contribution in [2.24, 2.45) is 5.73 Å². The lowest BCUT2D eigenvalue weighted by Crippen LogP contribution is -2.62. The average molecular weight is 389 g/mol. The number of hydrogen-bond acceptors (Lipinski definition) is 5. The minimum absolute atomic E-state index is 0.119. The highest BCUT2D eigenvalue weighted by molar-refractivity contribution is 5.99. The maximum atomic E-state index is 13.5. The standard InChI is InChI=1S/C20H27N3O5/c1-4-13(5-2)23(14-9-7-6-8-10-14)19(25)18-17(22-12(3)24)15(21)11-16(28-18)20(26)27/h6-11,13,15,17-18H,4-5,21H2,1-3H3,(H,22,24)(H,26,27)/t15-,17+,18+/m0/s1. The first-order valence-electron chi connectivity index (χ1n) is 9.32. The molecule has 0 fully saturated rings. The van der Waals surface area contributed by atoms with Crippen molar-refractivity contribution in [1.82, 2.24) is 5.32 Å². The summed E-state index contributed by atoms with van der Waals surface area (Å²) in [5.74, 6) is -2.54. The van der Waals surface area contributed by atoms with Gasteiger partial charge in [-0.3, -0.25) is 9.59 Å². The average Bonchev–Trinajstić information content (AvgIpc) is 2.67. The number of amides is 2. The number of rotatable bonds is 7. The van der Waals surface area contributed by atoms with Gasteiger partial charge in [0.05, 0.1) is 12.1 Å². The number of carbonyl (C=O) groups excluding carboxylic acids is 2. The molecule has 1 aliphatic rings. The van der Waals surface area contributed by atoms with Gasteiger partial charge in [-0.05, 0) is 31.1 Å². The molecule has 0 aromatic heterocycles. The number of para-hydroxylation sites is 1. The Labute approximate surface area is 164 Å². The summed E-state index contributed by atoms with van der Waals surface area (Å²) in [4.78, 5) is 38.2. The van der Waals surface area contributed by atoms with Crippen molar-refractivity contribution in [3.05, 3.63) is 42.2 Å². The number of carbonyl (C=O) groups is 3. The van der Waals surface area contributed by atoms with E-state index in [1.54, 1.807) is 17.0 Å². The van der Waals surface area contributed by atoms with Crippen molar-refractivity contribution in [2.45, 2.75) is 57.8 Å². The Kier molecular flexibility index (Phi) is 7.17. The summed E-state index contributed by atoms with van der Waals surface area (Å²) in [6, 6.07) is 7.22. The number of nitrogens with one attached hydrogen (secondary N) is 1. The molecule has 2 amide bonds. The van der Waals surface area contributed by atoms with Crippen LogP contribution in [0.1, 0.15) is 33.6 Å². The third-order valence-corrected chi connectivity index (χ3v) is 4.74. The summed E-state index contributed by atoms with van der Waals surface area (Å²) >= 11 is 0. The molecule has 1 aromatic rings. The molecule has 0 saturated carbocycles. The van der Waals surface area contributed by atoms with Crippen molar-refractivity contribution in [1.29, 1.82) is 0 Å². The monoisotopic (exact) mass is 389 g/mol. The van der Waals surface area contributed by atoms with E-state index < -0.39 is 35.8 Å². The number of ether oxygens (including phenoxy) is 1. The van der Waals surface area contributed by atoms with Crippen molar-refractivity contribution < 1.29 is 24.2 Å². The lowest BCUT2D eigenvalue weighted by atomic mass is 9.96. The van der Waals surface area contributed by atoms with Gasteiger partial charge in [-0.2, -0.15) is 0 Å². The van der Waals surface area contributed by atoms with Crippen LogP contribution >= 0.6 is 0 Å². The summed E-state index contributed by atoms with van der Waals surface area (Å²) in [5.41, 5.74) is 6.73. The predicted molar refractivity (Wildman–Crippen MR) is 104 cm³/mol. The van der Waals surface area contributed by atoms with Crippen molar-refractivity contribution in [3.63, 3.8) is 0 Å². The normalized spacial score (nSPS) is 21.5. The molecule has 0 aliphatic carbocycles. The largest absolute Gasteiger partial charge is 0.475 e. The number of carboxylic acid groups (broad SMARTS) is 1. The third kappa shape index (κ3) is 4.69. The van der Waals surface area contributed by atoms with Crippen molar-refractivity contribution in [2.75, 3.05) is 4.90 Å². The molecule has 152 valence electrons. The smallest absolute Gasteiger partial charge is 0.370 e. The lowest BCUT2D eigenvalue weighted by Gasteiger charge is -2.39. The molecule has 1 heterocycles. The zero-order chi connectivity index (χ0) is 20.8. The van der Waals surface area contributed by atoms with Crippen LogP contribution in [0, 0.1) is 0 Å². The van der Waals surface area contributed by atoms with E-state index in [1.807, 2.05) is 32.0 Å². The molecule has 0 radical (unpaired) electrons. The van der Waals surface area contributed by atoms with E-state index >= 15 is 0 Å². The van der Waals surface area contributed by atoms with Gasteiger partial charge < -0.3 is 25.8 Å². The molecule has 0 unspecified atom stereocenters. The van der Waals surface area contributed by atoms with Gasteiger partial charge in [-0.25, -0.2) is 4.79 Å². The van der Waals surface area contributed by atoms with E-state index in [0.29, 0.717) is 18.5 Å². The van der Waals surface area contributed by atoms with Gasteiger partial charge in [0.1, 0.15) is 0 Å². The number of nitrogens with zero attached hydrogens (tertiary/aromatic N) is 1. The van der Waals surface area contributed by atoms with Gasteiger partial charge in [0.2, 0.25) is 11.7 Å². The fraction of sp³-hybridized carbons (Fsp3) is 0.450. The number of anilines is 1. The van der Waals surface area contributed by atoms with E-state index in [-0.39, 0.29) is 11.9 Å². The van der Waals surface area contributed by atoms with Crippen LogP contribution in [-0.2, 0) is 19.1 Å². The molecular formula is C20H27N3O5. The molecule has 1 aliphatic heterocycles. The number of benzene rings is 1. The van der Waals surface area contributed by atoms with Gasteiger partial charge in [0.25, 0.3) is 5.91 Å². The molecule has 1 aromatic carbocycles. The van der Waals surface area contributed by atoms with Crippen LogP contribution in [0.25, 0.3) is 0 Å². The lowest BCUT2D eigenvalue weighted by molar-refractivity contribution is -0.142. The van der Waals surface area contributed by atoms with Gasteiger partial charge in [-0.15, -0.1) is 0 Å². The quantitative estimate of drug-likeness (QED) is 0.648. The molecule has 3 atom stereocenters. The summed E-state index contributed by atoms with van der Waals surface area (Å²) in [6.07, 6.45) is 1.34. The summed E-state index contributed by atoms with van der Waals surface area (Å²) < 4.78 is 5.51. The first-order valence-corrected chi connectivity index (χ1v) is 9.32. The van der Waals surface area contributed by atoms with Crippen LogP contribution in [0.5, 0.6) is 0 Å². The topological polar surface area (TPSA) is 122 Å². The van der Waals surface area contributed by atoms with Crippen LogP contribution in [0.4, 0.5) is 5.69 Å². The van der Waals surface area contributed by atoms with Crippen LogP contribution in [0.3, 0.4) is 0 Å². The molecule has 2 rings (SSSR count). The second-order valence-corrected chi connectivity index (χ2v) is 6.69. The first kappa shape index (κ1) is 21.4. The molecular weight excluding hydrogens is 362 g/mol. The van der Waals surface area contributed by atoms with Gasteiger partial charge in [0.15, 0.2) is 6.10 Å². The van der Waals surface area contributed by atoms with E-state index in [4.69, 9.17) is 10.5 Å². The zero-order valence-corrected chi connectivity index (χ0v) is 16.3. The van der Waals surface area contributed by atoms with Gasteiger partial charge in [-0.1, -0.05) is 32.0 Å². The van der Waals surface area contributed by atoms with Gasteiger partial charge in [0, 0.05) is 18.7 Å². The molecule has 0 saturated heterocycles. The molecule has 8 heteroatoms. The zero-order valence-electron chi connectivity index (χ0n) is 16.3. The Morgan fingerprint density at radius 3 is 2.32 bits per heavy atom. The highest BCUT2D eigenvalue weighted by Gasteiger charge is 2.43. The highest BCUT2D eigenvalue weighted by atomic mass is 16.5. The molecule has 8 nitrogen and oxygen atoms in total. The van der Waals surface area contributed by atoms with E-state index in [2.05, 4.69) is 5.32 Å². The maximum absolute atomic E-state index is 13.5. The number of nitrogens with two attached hydrogens (primary N) is 1. The van der Waals surface area contributed by atoms with Crippen LogP contribution in [0.2, 0.25) is 0 Å². The minimum Gasteiger partial charge on any atom is -0.475 e. The number of carboxylic acids is 1. The SMILES string of the molecule is CCC(CC)N(C(=O)[C@@H]1OC(C(=O)O)=C[C@H](N)[C@H]1NC(C)=O)c1ccccc1. The summed E-state index contributed by atoms with van der Waals surface area (Å²) in [6.45, 7) is 5.25. The highest BCUT2D eigenvalue weighted by Crippen LogP contribution is 2.26. The van der Waals surface area contributed by atoms with Crippen molar-refractivity contribution >= 4 is 23.5 Å². The Bertz CT molecular complexity index is 745. The second-order valence-electron chi connectivity index (χ2n) is 6.69. The van der Waals surface area contributed by atoms with Crippen LogP contribution < -0.4 is 16.0 Å². The maximum Gasteiger partial charge on any atom is 0.370 e. The third-order valence-electron chi connectivity index (χ3n) is 4.74. The van der Waals surface area contributed by atoms with Crippen LogP contribution in [0.15, 0.2) is 42.2 Å². The predicted octanol–water partition coefficient (Wildman–Crippen LogP) is 1.41. The van der Waals surface area contributed by atoms with E-state index in [9.17, 15) is 19.5 Å². The molecule has 4 N–H and O–H groups in total.